The van der Waals surface area contributed by atoms with E-state index in [0.29, 0.717) is 0 Å². The predicted octanol–water partition coefficient (Wildman–Crippen LogP) is 3.91. The second-order valence-corrected chi connectivity index (χ2v) is 6.85. The number of nitrogens with one attached hydrogen (secondary N) is 1. The molecule has 2 heterocycles. The van der Waals surface area contributed by atoms with Gasteiger partial charge in [-0.25, -0.2) is 4.79 Å². The number of rotatable bonds is 2. The maximum Gasteiger partial charge on any atom is 0.322 e. The number of hydrogen-bond donors (Lipinski definition) is 1. The van der Waals surface area contributed by atoms with Crippen molar-refractivity contribution >= 4 is 12.1 Å². The molecule has 0 saturated carbocycles. The molecule has 0 spiro atoms. The molecule has 23 heavy (non-hydrogen) atoms. The molecule has 0 aromatic heterocycles. The molecule has 1 N–H and O–H groups in total. The zero-order chi connectivity index (χ0) is 16.1. The molecule has 2 aliphatic heterocycles. The molecule has 0 radical (unpaired) electrons. The summed E-state index contributed by atoms with van der Waals surface area (Å²) in [6.45, 7) is 4.23. The van der Waals surface area contributed by atoms with E-state index < -0.39 is 5.54 Å². The summed E-state index contributed by atoms with van der Waals surface area (Å²) in [5, 5.41) is 3.17. The molecular formula is C20H20N2O. The van der Waals surface area contributed by atoms with Gasteiger partial charge in [-0.05, 0) is 36.6 Å². The van der Waals surface area contributed by atoms with Crippen molar-refractivity contribution in [2.75, 3.05) is 0 Å². The summed E-state index contributed by atoms with van der Waals surface area (Å²) in [6.07, 6.45) is 4.73. The summed E-state index contributed by atoms with van der Waals surface area (Å²) in [5.74, 6) is 0. The van der Waals surface area contributed by atoms with Crippen molar-refractivity contribution < 1.29 is 4.79 Å². The Hall–Kier alpha value is -2.55. The molecule has 3 nitrogen and oxygen atoms in total. The van der Waals surface area contributed by atoms with Crippen molar-refractivity contribution in [1.82, 2.24) is 10.2 Å². The third-order valence-electron chi connectivity index (χ3n) is 5.20. The van der Waals surface area contributed by atoms with E-state index in [1.165, 1.54) is 16.7 Å². The van der Waals surface area contributed by atoms with Crippen LogP contribution in [0.2, 0.25) is 0 Å². The molecule has 2 aromatic carbocycles. The monoisotopic (exact) mass is 304 g/mol. The Bertz CT molecular complexity index is 794. The minimum Gasteiger partial charge on any atom is -0.330 e. The summed E-state index contributed by atoms with van der Waals surface area (Å²) in [5.41, 5.74) is 2.82. The molecule has 2 amide bonds. The third-order valence-corrected chi connectivity index (χ3v) is 5.20. The van der Waals surface area contributed by atoms with Crippen LogP contribution in [0, 0.1) is 0 Å². The molecule has 0 aliphatic carbocycles. The van der Waals surface area contributed by atoms with E-state index in [1.807, 2.05) is 29.3 Å². The third kappa shape index (κ3) is 1.86. The largest absolute Gasteiger partial charge is 0.330 e. The van der Waals surface area contributed by atoms with Gasteiger partial charge in [-0.3, -0.25) is 4.90 Å². The first-order valence-electron chi connectivity index (χ1n) is 7.98. The van der Waals surface area contributed by atoms with Crippen molar-refractivity contribution in [3.63, 3.8) is 0 Å². The molecule has 1 atom stereocenters. The fraction of sp³-hybridized carbons (Fsp3) is 0.250. The smallest absolute Gasteiger partial charge is 0.322 e. The number of carbonyl (C=O) groups excluding carboxylic acids is 1. The van der Waals surface area contributed by atoms with Crippen molar-refractivity contribution in [3.05, 3.63) is 77.5 Å². The van der Waals surface area contributed by atoms with E-state index in [4.69, 9.17) is 0 Å². The first-order chi connectivity index (χ1) is 11.0. The molecular weight excluding hydrogens is 284 g/mol. The summed E-state index contributed by atoms with van der Waals surface area (Å²) in [7, 11) is 0. The van der Waals surface area contributed by atoms with Crippen LogP contribution in [0.3, 0.4) is 0 Å². The van der Waals surface area contributed by atoms with Crippen LogP contribution in [0.15, 0.2) is 60.8 Å². The van der Waals surface area contributed by atoms with Gasteiger partial charge in [0.05, 0.1) is 5.54 Å². The first-order valence-corrected chi connectivity index (χ1v) is 7.98. The topological polar surface area (TPSA) is 32.3 Å². The predicted molar refractivity (Wildman–Crippen MR) is 91.7 cm³/mol. The van der Waals surface area contributed by atoms with Gasteiger partial charge in [0.1, 0.15) is 5.54 Å². The van der Waals surface area contributed by atoms with Crippen molar-refractivity contribution in [2.45, 2.75) is 31.3 Å². The Kier molecular flexibility index (Phi) is 2.89. The number of hydrogen-bond acceptors (Lipinski definition) is 1. The Morgan fingerprint density at radius 3 is 2.48 bits per heavy atom. The maximum atomic E-state index is 12.6. The van der Waals surface area contributed by atoms with Gasteiger partial charge in [0.15, 0.2) is 0 Å². The van der Waals surface area contributed by atoms with Gasteiger partial charge in [-0.1, -0.05) is 54.6 Å². The fourth-order valence-electron chi connectivity index (χ4n) is 4.03. The van der Waals surface area contributed by atoms with E-state index in [0.717, 1.165) is 6.42 Å². The van der Waals surface area contributed by atoms with E-state index in [9.17, 15) is 4.79 Å². The van der Waals surface area contributed by atoms with Crippen molar-refractivity contribution in [1.29, 1.82) is 0 Å². The quantitative estimate of drug-likeness (QED) is 0.896. The first kappa shape index (κ1) is 14.1. The molecule has 1 fully saturated rings. The Balaban J connectivity index is 1.96. The standard InChI is InChI=1S/C20H20N2O/c1-19(2)20(14-15-8-4-3-5-9-15)17-11-7-6-10-16(17)12-13-22(20)18(23)21-19/h3-13H,14H2,1-2H3,(H,21,23). The lowest BCUT2D eigenvalue weighted by molar-refractivity contribution is 0.140. The van der Waals surface area contributed by atoms with Crippen LogP contribution in [-0.2, 0) is 12.0 Å². The van der Waals surface area contributed by atoms with E-state index in [1.54, 1.807) is 0 Å². The fourth-order valence-corrected chi connectivity index (χ4v) is 4.03. The van der Waals surface area contributed by atoms with Crippen LogP contribution < -0.4 is 5.32 Å². The molecule has 2 aromatic rings. The lowest BCUT2D eigenvalue weighted by Crippen LogP contribution is -2.56. The molecule has 0 bridgehead atoms. The van der Waals surface area contributed by atoms with Gasteiger partial charge in [0, 0.05) is 12.6 Å². The molecule has 3 heteroatoms. The van der Waals surface area contributed by atoms with Crippen LogP contribution >= 0.6 is 0 Å². The average molecular weight is 304 g/mol. The zero-order valence-electron chi connectivity index (χ0n) is 13.4. The summed E-state index contributed by atoms with van der Waals surface area (Å²) < 4.78 is 0. The minimum absolute atomic E-state index is 0.0308. The highest BCUT2D eigenvalue weighted by atomic mass is 16.2. The number of benzene rings is 2. The van der Waals surface area contributed by atoms with Gasteiger partial charge < -0.3 is 5.32 Å². The van der Waals surface area contributed by atoms with E-state index in [2.05, 4.69) is 61.6 Å². The normalized spacial score (nSPS) is 24.1. The number of nitrogens with zero attached hydrogens (tertiary/aromatic N) is 1. The second kappa shape index (κ2) is 4.72. The lowest BCUT2D eigenvalue weighted by Gasteiger charge is -2.47. The number of urea groups is 1. The highest BCUT2D eigenvalue weighted by Gasteiger charge is 2.59. The SMILES string of the molecule is CC1(C)NC(=O)N2C=Cc3ccccc3C21Cc1ccccc1. The Morgan fingerprint density at radius 1 is 1.00 bits per heavy atom. The van der Waals surface area contributed by atoms with Crippen LogP contribution in [0.4, 0.5) is 4.79 Å². The number of carbonyl (C=O) groups is 1. The summed E-state index contributed by atoms with van der Waals surface area (Å²) in [6, 6.07) is 18.7. The lowest BCUT2D eigenvalue weighted by atomic mass is 9.68. The van der Waals surface area contributed by atoms with Crippen LogP contribution in [0.5, 0.6) is 0 Å². The maximum absolute atomic E-state index is 12.6. The van der Waals surface area contributed by atoms with Gasteiger partial charge in [0.25, 0.3) is 0 Å². The van der Waals surface area contributed by atoms with Crippen LogP contribution in [-0.4, -0.2) is 16.5 Å². The molecule has 1 unspecified atom stereocenters. The molecule has 1 saturated heterocycles. The van der Waals surface area contributed by atoms with Crippen LogP contribution in [0.1, 0.15) is 30.5 Å². The molecule has 4 rings (SSSR count). The molecule has 116 valence electrons. The van der Waals surface area contributed by atoms with Gasteiger partial charge >= 0.3 is 6.03 Å². The summed E-state index contributed by atoms with van der Waals surface area (Å²) >= 11 is 0. The Labute approximate surface area is 136 Å². The highest BCUT2D eigenvalue weighted by Crippen LogP contribution is 2.49. The number of amides is 2. The van der Waals surface area contributed by atoms with Crippen LogP contribution in [0.25, 0.3) is 6.08 Å². The van der Waals surface area contributed by atoms with Crippen molar-refractivity contribution in [2.24, 2.45) is 0 Å². The average Bonchev–Trinajstić information content (AvgIpc) is 2.75. The minimum atomic E-state index is -0.420. The highest BCUT2D eigenvalue weighted by molar-refractivity contribution is 5.84. The van der Waals surface area contributed by atoms with E-state index in [-0.39, 0.29) is 11.6 Å². The van der Waals surface area contributed by atoms with Gasteiger partial charge in [0.2, 0.25) is 0 Å². The van der Waals surface area contributed by atoms with Crippen molar-refractivity contribution in [3.8, 4) is 0 Å². The second-order valence-electron chi connectivity index (χ2n) is 6.85. The van der Waals surface area contributed by atoms with Gasteiger partial charge in [-0.15, -0.1) is 0 Å². The number of fused-ring (bicyclic) bond motifs is 3. The van der Waals surface area contributed by atoms with E-state index >= 15 is 0 Å². The molecule has 2 aliphatic rings. The zero-order valence-corrected chi connectivity index (χ0v) is 13.4. The summed E-state index contributed by atoms with van der Waals surface area (Å²) in [4.78, 5) is 14.5. The van der Waals surface area contributed by atoms with Gasteiger partial charge in [-0.2, -0.15) is 0 Å². The Morgan fingerprint density at radius 2 is 1.70 bits per heavy atom.